The first kappa shape index (κ1) is 20.9. The number of hydrogen-bond acceptors (Lipinski definition) is 3. The number of hydrazine groups is 1. The Hall–Kier alpha value is -2.86. The molecule has 1 aliphatic rings. The van der Waals surface area contributed by atoms with Gasteiger partial charge in [0, 0.05) is 18.7 Å². The minimum Gasteiger partial charge on any atom is -0.311 e. The molecule has 3 amide bonds. The van der Waals surface area contributed by atoms with Crippen LogP contribution in [0, 0.1) is 5.92 Å². The van der Waals surface area contributed by atoms with Crippen molar-refractivity contribution in [2.75, 3.05) is 11.4 Å². The SMILES string of the molecule is CCc1cccc(CC)c1N1C[C@H](C(=O)NNC(=O)c2ccccc2Cl)CC1=O. The van der Waals surface area contributed by atoms with Crippen molar-refractivity contribution in [3.8, 4) is 0 Å². The van der Waals surface area contributed by atoms with Crippen LogP contribution in [0.4, 0.5) is 5.69 Å². The molecule has 0 saturated carbocycles. The molecule has 1 fully saturated rings. The van der Waals surface area contributed by atoms with Gasteiger partial charge >= 0.3 is 0 Å². The van der Waals surface area contributed by atoms with Crippen LogP contribution in [0.15, 0.2) is 42.5 Å². The molecule has 1 atom stereocenters. The first-order valence-electron chi connectivity index (χ1n) is 9.72. The molecule has 0 spiro atoms. The normalized spacial score (nSPS) is 16.0. The summed E-state index contributed by atoms with van der Waals surface area (Å²) in [4.78, 5) is 39.2. The minimum absolute atomic E-state index is 0.0850. The number of nitrogens with zero attached hydrogens (tertiary/aromatic N) is 1. The third-order valence-corrected chi connectivity index (χ3v) is 5.48. The molecule has 0 aliphatic carbocycles. The van der Waals surface area contributed by atoms with E-state index in [-0.39, 0.29) is 24.4 Å². The Bertz CT molecular complexity index is 922. The molecule has 152 valence electrons. The van der Waals surface area contributed by atoms with Crippen LogP contribution >= 0.6 is 11.6 Å². The van der Waals surface area contributed by atoms with E-state index in [9.17, 15) is 14.4 Å². The number of aryl methyl sites for hydroxylation is 2. The van der Waals surface area contributed by atoms with Gasteiger partial charge in [0.15, 0.2) is 0 Å². The van der Waals surface area contributed by atoms with Crippen molar-refractivity contribution in [3.05, 3.63) is 64.2 Å². The van der Waals surface area contributed by atoms with Crippen LogP contribution in [0.1, 0.15) is 41.8 Å². The van der Waals surface area contributed by atoms with Gasteiger partial charge < -0.3 is 4.90 Å². The van der Waals surface area contributed by atoms with Gasteiger partial charge in [-0.3, -0.25) is 25.2 Å². The highest BCUT2D eigenvalue weighted by Gasteiger charge is 2.36. The van der Waals surface area contributed by atoms with Gasteiger partial charge in [-0.15, -0.1) is 0 Å². The average Bonchev–Trinajstić information content (AvgIpc) is 3.12. The first-order chi connectivity index (χ1) is 14.0. The molecule has 2 aromatic rings. The van der Waals surface area contributed by atoms with Crippen LogP contribution in [0.5, 0.6) is 0 Å². The molecule has 29 heavy (non-hydrogen) atoms. The van der Waals surface area contributed by atoms with E-state index in [1.807, 2.05) is 32.0 Å². The standard InChI is InChI=1S/C22H24ClN3O3/c1-3-14-8-7-9-15(4-2)20(14)26-13-16(12-19(26)27)21(28)24-25-22(29)17-10-5-6-11-18(17)23/h5-11,16H,3-4,12-13H2,1-2H3,(H,24,28)(H,25,29)/t16-/m1/s1. The molecule has 0 radical (unpaired) electrons. The van der Waals surface area contributed by atoms with E-state index < -0.39 is 17.7 Å². The second kappa shape index (κ2) is 9.09. The highest BCUT2D eigenvalue weighted by atomic mass is 35.5. The molecule has 0 bridgehead atoms. The fourth-order valence-corrected chi connectivity index (χ4v) is 3.82. The molecule has 7 heteroatoms. The Morgan fingerprint density at radius 1 is 1.03 bits per heavy atom. The number of amides is 3. The summed E-state index contributed by atoms with van der Waals surface area (Å²) >= 11 is 6.00. The van der Waals surface area contributed by atoms with Crippen molar-refractivity contribution < 1.29 is 14.4 Å². The summed E-state index contributed by atoms with van der Waals surface area (Å²) in [5.74, 6) is -1.52. The van der Waals surface area contributed by atoms with Crippen LogP contribution in [0.3, 0.4) is 0 Å². The molecule has 2 N–H and O–H groups in total. The molecular formula is C22H24ClN3O3. The summed E-state index contributed by atoms with van der Waals surface area (Å²) in [6, 6.07) is 12.6. The van der Waals surface area contributed by atoms with E-state index in [0.29, 0.717) is 5.02 Å². The second-order valence-corrected chi connectivity index (χ2v) is 7.37. The van der Waals surface area contributed by atoms with E-state index in [2.05, 4.69) is 10.9 Å². The van der Waals surface area contributed by atoms with Gasteiger partial charge in [-0.25, -0.2) is 0 Å². The highest BCUT2D eigenvalue weighted by Crippen LogP contribution is 2.32. The van der Waals surface area contributed by atoms with Crippen molar-refractivity contribution in [1.29, 1.82) is 0 Å². The Balaban J connectivity index is 1.68. The molecular weight excluding hydrogens is 390 g/mol. The molecule has 1 saturated heterocycles. The summed E-state index contributed by atoms with van der Waals surface area (Å²) in [5.41, 5.74) is 8.16. The number of carbonyl (C=O) groups is 3. The third-order valence-electron chi connectivity index (χ3n) is 5.15. The van der Waals surface area contributed by atoms with Crippen molar-refractivity contribution in [3.63, 3.8) is 0 Å². The molecule has 0 aromatic heterocycles. The number of nitrogens with one attached hydrogen (secondary N) is 2. The summed E-state index contributed by atoms with van der Waals surface area (Å²) in [6.45, 7) is 4.39. The number of benzene rings is 2. The van der Waals surface area contributed by atoms with Crippen LogP contribution < -0.4 is 15.8 Å². The van der Waals surface area contributed by atoms with Gasteiger partial charge in [0.25, 0.3) is 5.91 Å². The first-order valence-corrected chi connectivity index (χ1v) is 10.1. The average molecular weight is 414 g/mol. The van der Waals surface area contributed by atoms with Gasteiger partial charge in [0.2, 0.25) is 11.8 Å². The lowest BCUT2D eigenvalue weighted by molar-refractivity contribution is -0.126. The number of para-hydroxylation sites is 1. The maximum Gasteiger partial charge on any atom is 0.271 e. The number of carbonyl (C=O) groups excluding carboxylic acids is 3. The predicted octanol–water partition coefficient (Wildman–Crippen LogP) is 3.28. The van der Waals surface area contributed by atoms with Crippen molar-refractivity contribution in [2.24, 2.45) is 5.92 Å². The van der Waals surface area contributed by atoms with E-state index in [1.165, 1.54) is 0 Å². The van der Waals surface area contributed by atoms with Crippen LogP contribution in [-0.4, -0.2) is 24.3 Å². The maximum atomic E-state index is 12.7. The van der Waals surface area contributed by atoms with Crippen LogP contribution in [0.25, 0.3) is 0 Å². The summed E-state index contributed by atoms with van der Waals surface area (Å²) in [7, 11) is 0. The minimum atomic E-state index is -0.538. The fraction of sp³-hybridized carbons (Fsp3) is 0.318. The van der Waals surface area contributed by atoms with Gasteiger partial charge in [0.1, 0.15) is 0 Å². The number of halogens is 1. The molecule has 2 aromatic carbocycles. The monoisotopic (exact) mass is 413 g/mol. The molecule has 0 unspecified atom stereocenters. The van der Waals surface area contributed by atoms with Crippen molar-refractivity contribution in [1.82, 2.24) is 10.9 Å². The van der Waals surface area contributed by atoms with E-state index in [0.717, 1.165) is 29.7 Å². The maximum absolute atomic E-state index is 12.7. The number of anilines is 1. The quantitative estimate of drug-likeness (QED) is 0.738. The van der Waals surface area contributed by atoms with E-state index in [1.54, 1.807) is 29.2 Å². The smallest absolute Gasteiger partial charge is 0.271 e. The topological polar surface area (TPSA) is 78.5 Å². The zero-order valence-electron chi connectivity index (χ0n) is 16.5. The largest absolute Gasteiger partial charge is 0.311 e. The lowest BCUT2D eigenvalue weighted by Gasteiger charge is -2.23. The van der Waals surface area contributed by atoms with Crippen molar-refractivity contribution >= 4 is 35.0 Å². The number of hydrogen-bond donors (Lipinski definition) is 2. The molecule has 6 nitrogen and oxygen atoms in total. The second-order valence-electron chi connectivity index (χ2n) is 6.96. The summed E-state index contributed by atoms with van der Waals surface area (Å²) in [5, 5.41) is 0.296. The zero-order valence-corrected chi connectivity index (χ0v) is 17.3. The third kappa shape index (κ3) is 4.43. The van der Waals surface area contributed by atoms with Gasteiger partial charge in [-0.05, 0) is 36.1 Å². The van der Waals surface area contributed by atoms with Crippen LogP contribution in [0.2, 0.25) is 5.02 Å². The zero-order chi connectivity index (χ0) is 21.0. The summed E-state index contributed by atoms with van der Waals surface area (Å²) < 4.78 is 0. The lowest BCUT2D eigenvalue weighted by Crippen LogP contribution is -2.45. The summed E-state index contributed by atoms with van der Waals surface area (Å²) in [6.07, 6.45) is 1.71. The van der Waals surface area contributed by atoms with E-state index >= 15 is 0 Å². The van der Waals surface area contributed by atoms with Crippen LogP contribution in [-0.2, 0) is 22.4 Å². The number of rotatable bonds is 5. The van der Waals surface area contributed by atoms with Gasteiger partial charge in [-0.2, -0.15) is 0 Å². The lowest BCUT2D eigenvalue weighted by atomic mass is 10.0. The van der Waals surface area contributed by atoms with Gasteiger partial charge in [-0.1, -0.05) is 55.8 Å². The molecule has 1 aliphatic heterocycles. The molecule has 1 heterocycles. The molecule has 3 rings (SSSR count). The Kier molecular flexibility index (Phi) is 6.54. The van der Waals surface area contributed by atoms with Crippen molar-refractivity contribution in [2.45, 2.75) is 33.1 Å². The predicted molar refractivity (Wildman–Crippen MR) is 113 cm³/mol. The Morgan fingerprint density at radius 2 is 1.69 bits per heavy atom. The fourth-order valence-electron chi connectivity index (χ4n) is 3.59. The van der Waals surface area contributed by atoms with Gasteiger partial charge in [0.05, 0.1) is 16.5 Å². The Morgan fingerprint density at radius 3 is 2.31 bits per heavy atom. The highest BCUT2D eigenvalue weighted by molar-refractivity contribution is 6.33. The van der Waals surface area contributed by atoms with E-state index in [4.69, 9.17) is 11.6 Å². The Labute approximate surface area is 175 Å².